The SMILES string of the molecule is Nc1ccc2nc(CSc3ccc(Cl)c(Cl)c3)[nH]c2c1. The Balaban J connectivity index is 1.77. The van der Waals surface area contributed by atoms with E-state index in [-0.39, 0.29) is 0 Å². The number of nitrogen functional groups attached to an aromatic ring is 1. The molecule has 0 aliphatic heterocycles. The summed E-state index contributed by atoms with van der Waals surface area (Å²) in [6.45, 7) is 0. The Hall–Kier alpha value is -1.36. The average molecular weight is 324 g/mol. The van der Waals surface area contributed by atoms with Crippen LogP contribution in [0.1, 0.15) is 5.82 Å². The fourth-order valence-electron chi connectivity index (χ4n) is 1.87. The van der Waals surface area contributed by atoms with Crippen molar-refractivity contribution in [2.24, 2.45) is 0 Å². The van der Waals surface area contributed by atoms with Gasteiger partial charge in [-0.15, -0.1) is 11.8 Å². The van der Waals surface area contributed by atoms with Gasteiger partial charge in [0.25, 0.3) is 0 Å². The summed E-state index contributed by atoms with van der Waals surface area (Å²) in [4.78, 5) is 8.83. The van der Waals surface area contributed by atoms with E-state index in [9.17, 15) is 0 Å². The molecule has 0 unspecified atom stereocenters. The third-order valence-corrected chi connectivity index (χ3v) is 4.57. The van der Waals surface area contributed by atoms with Crippen LogP contribution < -0.4 is 5.73 Å². The van der Waals surface area contributed by atoms with E-state index in [1.807, 2.05) is 30.3 Å². The maximum atomic E-state index is 5.99. The highest BCUT2D eigenvalue weighted by Gasteiger charge is 2.05. The first-order valence-electron chi connectivity index (χ1n) is 5.94. The standard InChI is InChI=1S/C14H11Cl2N3S/c15-10-3-2-9(6-11(10)16)20-7-14-18-12-4-1-8(17)5-13(12)19-14/h1-6H,7,17H2,(H,18,19). The Morgan fingerprint density at radius 2 is 1.95 bits per heavy atom. The van der Waals surface area contributed by atoms with Gasteiger partial charge < -0.3 is 10.7 Å². The number of anilines is 1. The Kier molecular flexibility index (Phi) is 3.78. The van der Waals surface area contributed by atoms with Crippen LogP contribution >= 0.6 is 35.0 Å². The van der Waals surface area contributed by atoms with Crippen molar-refractivity contribution in [3.8, 4) is 0 Å². The first-order valence-corrected chi connectivity index (χ1v) is 7.68. The number of H-pyrrole nitrogens is 1. The number of hydrogen-bond acceptors (Lipinski definition) is 3. The smallest absolute Gasteiger partial charge is 0.117 e. The molecule has 0 bridgehead atoms. The molecule has 6 heteroatoms. The number of imidazole rings is 1. The molecule has 0 saturated carbocycles. The fraction of sp³-hybridized carbons (Fsp3) is 0.0714. The molecule has 3 N–H and O–H groups in total. The lowest BCUT2D eigenvalue weighted by Crippen LogP contribution is -1.83. The number of benzene rings is 2. The minimum Gasteiger partial charge on any atom is -0.399 e. The van der Waals surface area contributed by atoms with Crippen molar-refractivity contribution in [3.05, 3.63) is 52.3 Å². The van der Waals surface area contributed by atoms with E-state index in [1.165, 1.54) is 0 Å². The lowest BCUT2D eigenvalue weighted by atomic mass is 10.3. The van der Waals surface area contributed by atoms with Gasteiger partial charge in [0.15, 0.2) is 0 Å². The van der Waals surface area contributed by atoms with E-state index in [0.717, 1.165) is 33.2 Å². The number of hydrogen-bond donors (Lipinski definition) is 2. The summed E-state index contributed by atoms with van der Waals surface area (Å²) in [5.41, 5.74) is 8.35. The van der Waals surface area contributed by atoms with Crippen molar-refractivity contribution in [2.45, 2.75) is 10.6 Å². The second-order valence-electron chi connectivity index (χ2n) is 4.32. The van der Waals surface area contributed by atoms with Gasteiger partial charge >= 0.3 is 0 Å². The van der Waals surface area contributed by atoms with E-state index >= 15 is 0 Å². The third kappa shape index (κ3) is 2.87. The molecule has 102 valence electrons. The number of thioether (sulfide) groups is 1. The molecule has 0 saturated heterocycles. The molecule has 0 atom stereocenters. The molecule has 0 aliphatic carbocycles. The van der Waals surface area contributed by atoms with Crippen molar-refractivity contribution >= 4 is 51.7 Å². The summed E-state index contributed by atoms with van der Waals surface area (Å²) >= 11 is 13.5. The second kappa shape index (κ2) is 5.56. The number of aromatic amines is 1. The van der Waals surface area contributed by atoms with Gasteiger partial charge in [0.05, 0.1) is 26.8 Å². The summed E-state index contributed by atoms with van der Waals surface area (Å²) in [5.74, 6) is 1.63. The van der Waals surface area contributed by atoms with Crippen LogP contribution in [0.5, 0.6) is 0 Å². The van der Waals surface area contributed by atoms with Crippen molar-refractivity contribution in [3.63, 3.8) is 0 Å². The lowest BCUT2D eigenvalue weighted by Gasteiger charge is -2.01. The van der Waals surface area contributed by atoms with Gasteiger partial charge in [0.1, 0.15) is 5.82 Å². The van der Waals surface area contributed by atoms with Crippen LogP contribution in [0.3, 0.4) is 0 Å². The van der Waals surface area contributed by atoms with Crippen LogP contribution in [0.25, 0.3) is 11.0 Å². The molecule has 1 heterocycles. The van der Waals surface area contributed by atoms with Crippen LogP contribution in [-0.2, 0) is 5.75 Å². The molecule has 1 aromatic heterocycles. The minimum atomic E-state index is 0.564. The molecule has 0 spiro atoms. The number of aromatic nitrogens is 2. The minimum absolute atomic E-state index is 0.564. The maximum absolute atomic E-state index is 5.99. The first kappa shape index (κ1) is 13.6. The monoisotopic (exact) mass is 323 g/mol. The molecule has 0 fully saturated rings. The molecule has 3 aromatic rings. The summed E-state index contributed by atoms with van der Waals surface area (Å²) in [6, 6.07) is 11.2. The van der Waals surface area contributed by atoms with Crippen molar-refractivity contribution in [1.29, 1.82) is 0 Å². The number of nitrogens with one attached hydrogen (secondary N) is 1. The third-order valence-electron chi connectivity index (χ3n) is 2.82. The Labute approximate surface area is 130 Å². The van der Waals surface area contributed by atoms with Gasteiger partial charge in [-0.25, -0.2) is 4.98 Å². The molecular weight excluding hydrogens is 313 g/mol. The van der Waals surface area contributed by atoms with Crippen LogP contribution in [-0.4, -0.2) is 9.97 Å². The quantitative estimate of drug-likeness (QED) is 0.540. The van der Waals surface area contributed by atoms with Gasteiger partial charge in [-0.1, -0.05) is 23.2 Å². The molecule has 3 nitrogen and oxygen atoms in total. The molecular formula is C14H11Cl2N3S. The van der Waals surface area contributed by atoms with Gasteiger partial charge in [0.2, 0.25) is 0 Å². The Morgan fingerprint density at radius 3 is 2.75 bits per heavy atom. The van der Waals surface area contributed by atoms with Gasteiger partial charge in [-0.2, -0.15) is 0 Å². The largest absolute Gasteiger partial charge is 0.399 e. The summed E-state index contributed by atoms with van der Waals surface area (Å²) in [6.07, 6.45) is 0. The summed E-state index contributed by atoms with van der Waals surface area (Å²) < 4.78 is 0. The Morgan fingerprint density at radius 1 is 1.10 bits per heavy atom. The number of fused-ring (bicyclic) bond motifs is 1. The van der Waals surface area contributed by atoms with Gasteiger partial charge in [0, 0.05) is 10.6 Å². The highest BCUT2D eigenvalue weighted by molar-refractivity contribution is 7.98. The topological polar surface area (TPSA) is 54.7 Å². The Bertz CT molecular complexity index is 770. The lowest BCUT2D eigenvalue weighted by molar-refractivity contribution is 1.14. The normalized spacial score (nSPS) is 11.1. The van der Waals surface area contributed by atoms with Crippen LogP contribution in [0.2, 0.25) is 10.0 Å². The second-order valence-corrected chi connectivity index (χ2v) is 6.19. The fourth-order valence-corrected chi connectivity index (χ4v) is 3.04. The molecule has 3 rings (SSSR count). The van der Waals surface area contributed by atoms with E-state index in [0.29, 0.717) is 10.0 Å². The van der Waals surface area contributed by atoms with Crippen molar-refractivity contribution < 1.29 is 0 Å². The first-order chi connectivity index (χ1) is 9.61. The molecule has 2 aromatic carbocycles. The molecule has 0 radical (unpaired) electrons. The highest BCUT2D eigenvalue weighted by atomic mass is 35.5. The van der Waals surface area contributed by atoms with E-state index in [1.54, 1.807) is 17.8 Å². The predicted molar refractivity (Wildman–Crippen MR) is 86.5 cm³/mol. The van der Waals surface area contributed by atoms with Crippen molar-refractivity contribution in [1.82, 2.24) is 9.97 Å². The van der Waals surface area contributed by atoms with Crippen LogP contribution in [0.15, 0.2) is 41.3 Å². The van der Waals surface area contributed by atoms with Gasteiger partial charge in [-0.3, -0.25) is 0 Å². The summed E-state index contributed by atoms with van der Waals surface area (Å²) in [7, 11) is 0. The highest BCUT2D eigenvalue weighted by Crippen LogP contribution is 2.29. The van der Waals surface area contributed by atoms with E-state index in [4.69, 9.17) is 28.9 Å². The summed E-state index contributed by atoms with van der Waals surface area (Å²) in [5, 5.41) is 1.13. The molecule has 0 amide bonds. The zero-order chi connectivity index (χ0) is 14.1. The number of nitrogens with two attached hydrogens (primary N) is 1. The number of rotatable bonds is 3. The van der Waals surface area contributed by atoms with Crippen molar-refractivity contribution in [2.75, 3.05) is 5.73 Å². The predicted octanol–water partition coefficient (Wildman–Crippen LogP) is 4.74. The zero-order valence-corrected chi connectivity index (χ0v) is 12.7. The molecule has 20 heavy (non-hydrogen) atoms. The van der Waals surface area contributed by atoms with Crippen LogP contribution in [0.4, 0.5) is 5.69 Å². The zero-order valence-electron chi connectivity index (χ0n) is 10.4. The van der Waals surface area contributed by atoms with E-state index in [2.05, 4.69) is 9.97 Å². The van der Waals surface area contributed by atoms with Gasteiger partial charge in [-0.05, 0) is 36.4 Å². The van der Waals surface area contributed by atoms with Crippen LogP contribution in [0, 0.1) is 0 Å². The maximum Gasteiger partial charge on any atom is 0.117 e. The number of halogens is 2. The average Bonchev–Trinajstić information content (AvgIpc) is 2.82. The van der Waals surface area contributed by atoms with E-state index < -0.39 is 0 Å². The molecule has 0 aliphatic rings. The number of nitrogens with zero attached hydrogens (tertiary/aromatic N) is 1.